The van der Waals surface area contributed by atoms with Crippen LogP contribution in [-0.4, -0.2) is 36.1 Å². The summed E-state index contributed by atoms with van der Waals surface area (Å²) < 4.78 is 16.1. The van der Waals surface area contributed by atoms with Crippen LogP contribution in [0.4, 0.5) is 14.7 Å². The van der Waals surface area contributed by atoms with Crippen molar-refractivity contribution in [3.63, 3.8) is 0 Å². The molecule has 0 amide bonds. The van der Waals surface area contributed by atoms with Gasteiger partial charge in [0.15, 0.2) is 10.3 Å². The molecule has 0 atom stereocenters. The van der Waals surface area contributed by atoms with E-state index in [1.165, 1.54) is 21.9 Å². The molecular weight excluding hydrogens is 379 g/mol. The van der Waals surface area contributed by atoms with Crippen molar-refractivity contribution in [1.29, 1.82) is 0 Å². The minimum atomic E-state index is -0.242. The molecule has 0 saturated carbocycles. The number of benzene rings is 2. The van der Waals surface area contributed by atoms with Crippen molar-refractivity contribution in [2.45, 2.75) is 13.8 Å². The van der Waals surface area contributed by atoms with Crippen LogP contribution in [0, 0.1) is 19.7 Å². The number of nitrogens with zero attached hydrogens (tertiary/aromatic N) is 4. The zero-order valence-electron chi connectivity index (χ0n) is 15.2. The Kier molecular flexibility index (Phi) is 4.02. The first-order valence-electron chi connectivity index (χ1n) is 9.02. The summed E-state index contributed by atoms with van der Waals surface area (Å²) in [6, 6.07) is 9.49. The molecule has 1 saturated heterocycles. The Balaban J connectivity index is 1.36. The fraction of sp³-hybridized carbons (Fsp3) is 0.300. The number of para-hydroxylation sites is 1. The van der Waals surface area contributed by atoms with E-state index in [2.05, 4.69) is 40.8 Å². The minimum absolute atomic E-state index is 0.242. The topological polar surface area (TPSA) is 32.3 Å². The van der Waals surface area contributed by atoms with Crippen LogP contribution in [0.3, 0.4) is 0 Å². The van der Waals surface area contributed by atoms with Gasteiger partial charge in [0.05, 0.1) is 14.9 Å². The van der Waals surface area contributed by atoms with Gasteiger partial charge in [0.1, 0.15) is 11.3 Å². The molecule has 27 heavy (non-hydrogen) atoms. The van der Waals surface area contributed by atoms with E-state index >= 15 is 0 Å². The molecule has 0 aliphatic carbocycles. The molecule has 0 spiro atoms. The van der Waals surface area contributed by atoms with E-state index < -0.39 is 0 Å². The maximum atomic E-state index is 13.9. The first-order chi connectivity index (χ1) is 13.1. The quantitative estimate of drug-likeness (QED) is 0.476. The van der Waals surface area contributed by atoms with E-state index in [1.807, 2.05) is 6.07 Å². The highest BCUT2D eigenvalue weighted by molar-refractivity contribution is 7.22. The van der Waals surface area contributed by atoms with E-state index in [9.17, 15) is 4.39 Å². The van der Waals surface area contributed by atoms with Gasteiger partial charge in [-0.25, -0.2) is 14.4 Å². The second kappa shape index (κ2) is 6.42. The smallest absolute Gasteiger partial charge is 0.186 e. The number of piperazine rings is 1. The Morgan fingerprint density at radius 3 is 2.04 bits per heavy atom. The molecule has 0 N–H and O–H groups in total. The SMILES string of the molecule is Cc1ccc2sc(N3CCN(c4nc5c(F)cccc5s4)CC3)nc2c1C. The molecule has 2 aromatic carbocycles. The lowest BCUT2D eigenvalue weighted by Gasteiger charge is -2.34. The third-order valence-electron chi connectivity index (χ3n) is 5.25. The molecule has 1 aliphatic rings. The van der Waals surface area contributed by atoms with Crippen LogP contribution in [0.5, 0.6) is 0 Å². The standard InChI is InChI=1S/C20H19FN4S2/c1-12-6-7-16-17(13(12)2)22-19(27-16)24-8-10-25(11-9-24)20-23-18-14(21)4-3-5-15(18)26-20/h3-7H,8-11H2,1-2H3. The molecule has 1 aliphatic heterocycles. The molecule has 0 bridgehead atoms. The van der Waals surface area contributed by atoms with Gasteiger partial charge in [-0.3, -0.25) is 0 Å². The Labute approximate surface area is 164 Å². The Morgan fingerprint density at radius 2 is 1.41 bits per heavy atom. The summed E-state index contributed by atoms with van der Waals surface area (Å²) in [4.78, 5) is 14.0. The average Bonchev–Trinajstić information content (AvgIpc) is 3.30. The van der Waals surface area contributed by atoms with Gasteiger partial charge in [-0.2, -0.15) is 0 Å². The molecule has 4 nitrogen and oxygen atoms in total. The molecule has 0 unspecified atom stereocenters. The molecule has 7 heteroatoms. The minimum Gasteiger partial charge on any atom is -0.345 e. The van der Waals surface area contributed by atoms with Gasteiger partial charge < -0.3 is 9.80 Å². The Morgan fingerprint density at radius 1 is 0.815 bits per heavy atom. The fourth-order valence-corrected chi connectivity index (χ4v) is 5.59. The van der Waals surface area contributed by atoms with Crippen LogP contribution >= 0.6 is 22.7 Å². The largest absolute Gasteiger partial charge is 0.345 e. The number of anilines is 2. The number of rotatable bonds is 2. The summed E-state index contributed by atoms with van der Waals surface area (Å²) in [5.74, 6) is -0.242. The average molecular weight is 399 g/mol. The maximum Gasteiger partial charge on any atom is 0.186 e. The molecule has 3 heterocycles. The molecule has 0 radical (unpaired) electrons. The molecular formula is C20H19FN4S2. The normalized spacial score (nSPS) is 15.2. The van der Waals surface area contributed by atoms with Crippen molar-refractivity contribution in [2.75, 3.05) is 36.0 Å². The van der Waals surface area contributed by atoms with E-state index in [4.69, 9.17) is 4.98 Å². The molecule has 5 rings (SSSR count). The Bertz CT molecular complexity index is 1140. The van der Waals surface area contributed by atoms with Gasteiger partial charge in [-0.1, -0.05) is 34.8 Å². The summed E-state index contributed by atoms with van der Waals surface area (Å²) in [6.45, 7) is 7.82. The predicted octanol–water partition coefficient (Wildman–Crippen LogP) is 4.99. The van der Waals surface area contributed by atoms with Crippen LogP contribution in [0.2, 0.25) is 0 Å². The summed E-state index contributed by atoms with van der Waals surface area (Å²) in [5, 5.41) is 2.00. The number of fused-ring (bicyclic) bond motifs is 2. The van der Waals surface area contributed by atoms with Gasteiger partial charge in [-0.15, -0.1) is 0 Å². The zero-order chi connectivity index (χ0) is 18.5. The lowest BCUT2D eigenvalue weighted by atomic mass is 10.1. The maximum absolute atomic E-state index is 13.9. The lowest BCUT2D eigenvalue weighted by Crippen LogP contribution is -2.46. The summed E-state index contributed by atoms with van der Waals surface area (Å²) in [6.07, 6.45) is 0. The van der Waals surface area contributed by atoms with E-state index in [-0.39, 0.29) is 5.82 Å². The van der Waals surface area contributed by atoms with Crippen molar-refractivity contribution in [3.05, 3.63) is 47.3 Å². The van der Waals surface area contributed by atoms with Crippen molar-refractivity contribution < 1.29 is 4.39 Å². The van der Waals surface area contributed by atoms with Crippen LogP contribution in [0.25, 0.3) is 20.4 Å². The number of halogens is 1. The summed E-state index contributed by atoms with van der Waals surface area (Å²) in [7, 11) is 0. The van der Waals surface area contributed by atoms with Gasteiger partial charge in [-0.05, 0) is 43.2 Å². The van der Waals surface area contributed by atoms with Crippen molar-refractivity contribution >= 4 is 53.4 Å². The molecule has 2 aromatic heterocycles. The van der Waals surface area contributed by atoms with Gasteiger partial charge in [0.2, 0.25) is 0 Å². The molecule has 1 fully saturated rings. The third kappa shape index (κ3) is 2.85. The second-order valence-corrected chi connectivity index (χ2v) is 8.93. The number of aryl methyl sites for hydroxylation is 2. The van der Waals surface area contributed by atoms with Gasteiger partial charge >= 0.3 is 0 Å². The first kappa shape index (κ1) is 16.9. The van der Waals surface area contributed by atoms with Crippen molar-refractivity contribution in [1.82, 2.24) is 9.97 Å². The number of hydrogen-bond donors (Lipinski definition) is 0. The Hall–Kier alpha value is -2.25. The lowest BCUT2D eigenvalue weighted by molar-refractivity contribution is 0.635. The van der Waals surface area contributed by atoms with E-state index in [0.29, 0.717) is 5.52 Å². The zero-order valence-corrected chi connectivity index (χ0v) is 16.8. The van der Waals surface area contributed by atoms with Crippen LogP contribution < -0.4 is 9.80 Å². The highest BCUT2D eigenvalue weighted by Gasteiger charge is 2.23. The van der Waals surface area contributed by atoms with Crippen molar-refractivity contribution in [3.8, 4) is 0 Å². The van der Waals surface area contributed by atoms with E-state index in [0.717, 1.165) is 46.7 Å². The summed E-state index contributed by atoms with van der Waals surface area (Å²) in [5.41, 5.74) is 4.16. The molecule has 4 aromatic rings. The highest BCUT2D eigenvalue weighted by Crippen LogP contribution is 2.34. The van der Waals surface area contributed by atoms with Crippen LogP contribution in [-0.2, 0) is 0 Å². The van der Waals surface area contributed by atoms with Crippen LogP contribution in [0.15, 0.2) is 30.3 Å². The summed E-state index contributed by atoms with van der Waals surface area (Å²) >= 11 is 3.33. The van der Waals surface area contributed by atoms with Gasteiger partial charge in [0.25, 0.3) is 0 Å². The second-order valence-electron chi connectivity index (χ2n) is 6.91. The van der Waals surface area contributed by atoms with Crippen LogP contribution in [0.1, 0.15) is 11.1 Å². The monoisotopic (exact) mass is 398 g/mol. The fourth-order valence-electron chi connectivity index (χ4n) is 3.48. The predicted molar refractivity (Wildman–Crippen MR) is 113 cm³/mol. The number of hydrogen-bond acceptors (Lipinski definition) is 6. The number of aromatic nitrogens is 2. The van der Waals surface area contributed by atoms with Gasteiger partial charge in [0, 0.05) is 26.2 Å². The first-order valence-corrected chi connectivity index (χ1v) is 10.6. The van der Waals surface area contributed by atoms with Crippen molar-refractivity contribution in [2.24, 2.45) is 0 Å². The van der Waals surface area contributed by atoms with E-state index in [1.54, 1.807) is 28.7 Å². The molecule has 138 valence electrons. The number of thiazole rings is 2. The third-order valence-corrected chi connectivity index (χ3v) is 7.42. The highest BCUT2D eigenvalue weighted by atomic mass is 32.1.